The average molecular weight is 234 g/mol. The number of hydrogen-bond donors (Lipinski definition) is 2. The van der Waals surface area contributed by atoms with E-state index in [4.69, 9.17) is 11.5 Å². The molecule has 94 valence electrons. The van der Waals surface area contributed by atoms with E-state index in [0.29, 0.717) is 5.84 Å². The van der Waals surface area contributed by atoms with Crippen molar-refractivity contribution >= 4 is 11.5 Å². The molecular formula is C13H22N4. The Bertz CT molecular complexity index is 352. The fourth-order valence-electron chi connectivity index (χ4n) is 1.60. The number of amidine groups is 1. The Balaban J connectivity index is 2.52. The van der Waals surface area contributed by atoms with Gasteiger partial charge in [-0.25, -0.2) is 0 Å². The van der Waals surface area contributed by atoms with Crippen molar-refractivity contribution in [1.29, 1.82) is 0 Å². The van der Waals surface area contributed by atoms with Crippen LogP contribution >= 0.6 is 0 Å². The van der Waals surface area contributed by atoms with Crippen LogP contribution in [0.1, 0.15) is 19.4 Å². The summed E-state index contributed by atoms with van der Waals surface area (Å²) in [7, 11) is 0. The summed E-state index contributed by atoms with van der Waals surface area (Å²) in [6, 6.07) is 7.46. The Hall–Kier alpha value is -1.55. The number of nitrogen functional groups attached to an aromatic ring is 1. The standard InChI is InChI=1S/C13H22N4/c1-3-17(4-2)10-9-16-13(15)11-5-7-12(14)8-6-11/h5-8H,3-4,9-10,14H2,1-2H3,(H2,15,16). The molecule has 4 N–H and O–H groups in total. The first-order valence-corrected chi connectivity index (χ1v) is 6.05. The molecule has 1 aromatic carbocycles. The number of hydrogen-bond acceptors (Lipinski definition) is 3. The maximum Gasteiger partial charge on any atom is 0.125 e. The van der Waals surface area contributed by atoms with Crippen LogP contribution in [0, 0.1) is 0 Å². The molecule has 0 heterocycles. The quantitative estimate of drug-likeness (QED) is 0.443. The summed E-state index contributed by atoms with van der Waals surface area (Å²) in [5.74, 6) is 0.581. The van der Waals surface area contributed by atoms with Crippen molar-refractivity contribution in [3.8, 4) is 0 Å². The lowest BCUT2D eigenvalue weighted by Crippen LogP contribution is -2.26. The van der Waals surface area contributed by atoms with Gasteiger partial charge in [0.15, 0.2) is 0 Å². The molecule has 1 rings (SSSR count). The first-order chi connectivity index (χ1) is 8.17. The maximum atomic E-state index is 5.90. The summed E-state index contributed by atoms with van der Waals surface area (Å²) in [5.41, 5.74) is 13.2. The number of anilines is 1. The second kappa shape index (κ2) is 6.91. The van der Waals surface area contributed by atoms with Gasteiger partial charge in [-0.05, 0) is 37.4 Å². The second-order valence-corrected chi connectivity index (χ2v) is 3.92. The number of aliphatic imine (C=N–C) groups is 1. The fraction of sp³-hybridized carbons (Fsp3) is 0.462. The van der Waals surface area contributed by atoms with E-state index in [1.54, 1.807) is 0 Å². The summed E-state index contributed by atoms with van der Waals surface area (Å²) >= 11 is 0. The molecule has 0 unspecified atom stereocenters. The molecular weight excluding hydrogens is 212 g/mol. The molecule has 0 aliphatic rings. The highest BCUT2D eigenvalue weighted by molar-refractivity contribution is 5.97. The van der Waals surface area contributed by atoms with Crippen molar-refractivity contribution in [2.45, 2.75) is 13.8 Å². The van der Waals surface area contributed by atoms with Crippen LogP contribution in [0.3, 0.4) is 0 Å². The largest absolute Gasteiger partial charge is 0.399 e. The maximum absolute atomic E-state index is 5.90. The van der Waals surface area contributed by atoms with Crippen molar-refractivity contribution in [2.75, 3.05) is 31.9 Å². The average Bonchev–Trinajstić information content (AvgIpc) is 2.35. The summed E-state index contributed by atoms with van der Waals surface area (Å²) in [5, 5.41) is 0. The Kier molecular flexibility index (Phi) is 5.49. The SMILES string of the molecule is CCN(CC)CCN=C(N)c1ccc(N)cc1. The normalized spacial score (nSPS) is 12.1. The monoisotopic (exact) mass is 234 g/mol. The van der Waals surface area contributed by atoms with Gasteiger partial charge in [-0.3, -0.25) is 4.99 Å². The molecule has 4 heteroatoms. The molecule has 0 spiro atoms. The summed E-state index contributed by atoms with van der Waals surface area (Å²) in [6.45, 7) is 8.08. The highest BCUT2D eigenvalue weighted by atomic mass is 15.1. The lowest BCUT2D eigenvalue weighted by molar-refractivity contribution is 0.313. The number of benzene rings is 1. The Morgan fingerprint density at radius 2 is 1.76 bits per heavy atom. The van der Waals surface area contributed by atoms with E-state index in [1.165, 1.54) is 0 Å². The minimum absolute atomic E-state index is 0.581. The zero-order valence-corrected chi connectivity index (χ0v) is 10.7. The van der Waals surface area contributed by atoms with Crippen LogP contribution in [-0.2, 0) is 0 Å². The Morgan fingerprint density at radius 1 is 1.18 bits per heavy atom. The van der Waals surface area contributed by atoms with Gasteiger partial charge < -0.3 is 16.4 Å². The molecule has 0 aromatic heterocycles. The smallest absolute Gasteiger partial charge is 0.125 e. The first-order valence-electron chi connectivity index (χ1n) is 6.05. The Morgan fingerprint density at radius 3 is 2.29 bits per heavy atom. The van der Waals surface area contributed by atoms with E-state index < -0.39 is 0 Å². The van der Waals surface area contributed by atoms with Crippen LogP contribution in [0.4, 0.5) is 5.69 Å². The van der Waals surface area contributed by atoms with E-state index in [0.717, 1.165) is 37.4 Å². The van der Waals surface area contributed by atoms with Gasteiger partial charge >= 0.3 is 0 Å². The lowest BCUT2D eigenvalue weighted by atomic mass is 10.2. The van der Waals surface area contributed by atoms with Gasteiger partial charge in [0.25, 0.3) is 0 Å². The molecule has 0 aliphatic carbocycles. The van der Waals surface area contributed by atoms with Crippen molar-refractivity contribution in [1.82, 2.24) is 4.90 Å². The molecule has 0 amide bonds. The number of nitrogens with zero attached hydrogens (tertiary/aromatic N) is 2. The molecule has 0 saturated heterocycles. The van der Waals surface area contributed by atoms with Crippen molar-refractivity contribution < 1.29 is 0 Å². The van der Waals surface area contributed by atoms with Crippen LogP contribution in [0.5, 0.6) is 0 Å². The van der Waals surface area contributed by atoms with E-state index in [-0.39, 0.29) is 0 Å². The van der Waals surface area contributed by atoms with Gasteiger partial charge in [0.05, 0.1) is 6.54 Å². The molecule has 4 nitrogen and oxygen atoms in total. The topological polar surface area (TPSA) is 67.6 Å². The highest BCUT2D eigenvalue weighted by Crippen LogP contribution is 2.04. The van der Waals surface area contributed by atoms with E-state index in [1.807, 2.05) is 24.3 Å². The molecule has 1 aromatic rings. The van der Waals surface area contributed by atoms with Crippen LogP contribution in [-0.4, -0.2) is 36.9 Å². The van der Waals surface area contributed by atoms with Crippen LogP contribution in [0.25, 0.3) is 0 Å². The minimum atomic E-state index is 0.581. The molecule has 17 heavy (non-hydrogen) atoms. The third-order valence-corrected chi connectivity index (χ3v) is 2.80. The predicted molar refractivity (Wildman–Crippen MR) is 74.2 cm³/mol. The van der Waals surface area contributed by atoms with Crippen LogP contribution < -0.4 is 11.5 Å². The van der Waals surface area contributed by atoms with Gasteiger partial charge in [0.1, 0.15) is 5.84 Å². The third-order valence-electron chi connectivity index (χ3n) is 2.80. The van der Waals surface area contributed by atoms with Gasteiger partial charge in [-0.15, -0.1) is 0 Å². The lowest BCUT2D eigenvalue weighted by Gasteiger charge is -2.16. The summed E-state index contributed by atoms with van der Waals surface area (Å²) in [4.78, 5) is 6.69. The second-order valence-electron chi connectivity index (χ2n) is 3.92. The zero-order valence-electron chi connectivity index (χ0n) is 10.7. The Labute approximate surface area is 103 Å². The highest BCUT2D eigenvalue weighted by Gasteiger charge is 1.99. The van der Waals surface area contributed by atoms with Crippen molar-refractivity contribution in [3.63, 3.8) is 0 Å². The number of likely N-dealkylation sites (N-methyl/N-ethyl adjacent to an activating group) is 1. The van der Waals surface area contributed by atoms with Gasteiger partial charge in [-0.1, -0.05) is 13.8 Å². The van der Waals surface area contributed by atoms with Crippen molar-refractivity contribution in [2.24, 2.45) is 10.7 Å². The minimum Gasteiger partial charge on any atom is -0.399 e. The van der Waals surface area contributed by atoms with E-state index >= 15 is 0 Å². The predicted octanol–water partition coefficient (Wildman–Crippen LogP) is 1.32. The number of nitrogens with two attached hydrogens (primary N) is 2. The fourth-order valence-corrected chi connectivity index (χ4v) is 1.60. The number of rotatable bonds is 6. The molecule has 0 atom stereocenters. The summed E-state index contributed by atoms with van der Waals surface area (Å²) in [6.07, 6.45) is 0. The van der Waals surface area contributed by atoms with Gasteiger partial charge in [0.2, 0.25) is 0 Å². The van der Waals surface area contributed by atoms with Crippen LogP contribution in [0.2, 0.25) is 0 Å². The third kappa shape index (κ3) is 4.44. The first kappa shape index (κ1) is 13.5. The van der Waals surface area contributed by atoms with Crippen molar-refractivity contribution in [3.05, 3.63) is 29.8 Å². The molecule has 0 aliphatic heterocycles. The molecule has 0 saturated carbocycles. The van der Waals surface area contributed by atoms with E-state index in [2.05, 4.69) is 23.7 Å². The van der Waals surface area contributed by atoms with Crippen LogP contribution in [0.15, 0.2) is 29.3 Å². The van der Waals surface area contributed by atoms with Gasteiger partial charge in [0, 0.05) is 17.8 Å². The molecule has 0 fully saturated rings. The molecule has 0 radical (unpaired) electrons. The molecule has 0 bridgehead atoms. The summed E-state index contributed by atoms with van der Waals surface area (Å²) < 4.78 is 0. The zero-order chi connectivity index (χ0) is 12.7. The van der Waals surface area contributed by atoms with Gasteiger partial charge in [-0.2, -0.15) is 0 Å². The van der Waals surface area contributed by atoms with E-state index in [9.17, 15) is 0 Å².